The molecule has 0 aliphatic rings. The molecule has 1 aromatic carbocycles. The van der Waals surface area contributed by atoms with Crippen LogP contribution in [0.3, 0.4) is 0 Å². The van der Waals surface area contributed by atoms with Gasteiger partial charge >= 0.3 is 11.7 Å². The fourth-order valence-electron chi connectivity index (χ4n) is 2.22. The summed E-state index contributed by atoms with van der Waals surface area (Å²) in [4.78, 5) is 25.8. The van der Waals surface area contributed by atoms with Crippen LogP contribution >= 0.6 is 0 Å². The van der Waals surface area contributed by atoms with E-state index in [2.05, 4.69) is 15.0 Å². The highest BCUT2D eigenvalue weighted by Crippen LogP contribution is 2.25. The molecule has 0 amide bonds. The van der Waals surface area contributed by atoms with Crippen LogP contribution in [0.25, 0.3) is 0 Å². The molecule has 0 saturated heterocycles. The smallest absolute Gasteiger partial charge is 0.339 e. The monoisotopic (exact) mass is 331 g/mol. The molecule has 2 N–H and O–H groups in total. The summed E-state index contributed by atoms with van der Waals surface area (Å²) in [6, 6.07) is 8.39. The first kappa shape index (κ1) is 17.4. The van der Waals surface area contributed by atoms with Gasteiger partial charge < -0.3 is 15.2 Å². The van der Waals surface area contributed by atoms with Gasteiger partial charge in [-0.25, -0.2) is 9.78 Å². The van der Waals surface area contributed by atoms with Gasteiger partial charge in [0.25, 0.3) is 0 Å². The second kappa shape index (κ2) is 7.51. The zero-order chi connectivity index (χ0) is 17.7. The molecule has 1 unspecified atom stereocenters. The van der Waals surface area contributed by atoms with Crippen molar-refractivity contribution in [1.82, 2.24) is 4.98 Å². The number of aromatic nitrogens is 1. The third-order valence-electron chi connectivity index (χ3n) is 3.50. The summed E-state index contributed by atoms with van der Waals surface area (Å²) in [6.45, 7) is 1.90. The number of nitrogens with one attached hydrogen (secondary N) is 1. The van der Waals surface area contributed by atoms with Crippen LogP contribution in [0.4, 0.5) is 11.5 Å². The molecule has 8 nitrogen and oxygen atoms in total. The molecule has 2 rings (SSSR count). The minimum Gasteiger partial charge on any atom is -0.465 e. The quantitative estimate of drug-likeness (QED) is 0.474. The number of hydrogen-bond donors (Lipinski definition) is 2. The average molecular weight is 331 g/mol. The largest absolute Gasteiger partial charge is 0.465 e. The molecule has 0 aliphatic carbocycles. The lowest BCUT2D eigenvalue weighted by atomic mass is 10.0. The van der Waals surface area contributed by atoms with E-state index in [4.69, 9.17) is 0 Å². The van der Waals surface area contributed by atoms with E-state index >= 15 is 0 Å². The third kappa shape index (κ3) is 3.85. The first-order valence-corrected chi connectivity index (χ1v) is 7.14. The Morgan fingerprint density at radius 1 is 1.46 bits per heavy atom. The fraction of sp³-hybridized carbons (Fsp3) is 0.250. The van der Waals surface area contributed by atoms with E-state index < -0.39 is 17.0 Å². The number of aliphatic hydroxyl groups is 1. The Morgan fingerprint density at radius 2 is 2.17 bits per heavy atom. The maximum Gasteiger partial charge on any atom is 0.339 e. The van der Waals surface area contributed by atoms with E-state index in [1.807, 2.05) is 19.1 Å². The third-order valence-corrected chi connectivity index (χ3v) is 3.50. The van der Waals surface area contributed by atoms with Gasteiger partial charge in [0.15, 0.2) is 0 Å². The Kier molecular flexibility index (Phi) is 5.43. The highest BCUT2D eigenvalue weighted by molar-refractivity contribution is 5.90. The maximum absolute atomic E-state index is 11.4. The molecule has 8 heteroatoms. The standard InChI is InChI=1S/C16H17N3O5/c1-10-5-3-4-6-12(10)14(20)9-18-15-13(19(22)23)7-11(8-17-15)16(21)24-2/h3-8,14,20H,9H2,1-2H3,(H,17,18). The van der Waals surface area contributed by atoms with E-state index in [9.17, 15) is 20.0 Å². The number of hydrogen-bond acceptors (Lipinski definition) is 7. The van der Waals surface area contributed by atoms with Gasteiger partial charge in [0.1, 0.15) is 0 Å². The molecule has 24 heavy (non-hydrogen) atoms. The number of pyridine rings is 1. The number of rotatable bonds is 6. The summed E-state index contributed by atoms with van der Waals surface area (Å²) in [5.41, 5.74) is 1.25. The lowest BCUT2D eigenvalue weighted by molar-refractivity contribution is -0.384. The summed E-state index contributed by atoms with van der Waals surface area (Å²) in [5, 5.41) is 24.2. The van der Waals surface area contributed by atoms with E-state index in [1.54, 1.807) is 12.1 Å². The van der Waals surface area contributed by atoms with Crippen molar-refractivity contribution < 1.29 is 19.6 Å². The molecule has 0 radical (unpaired) electrons. The Morgan fingerprint density at radius 3 is 2.79 bits per heavy atom. The predicted molar refractivity (Wildman–Crippen MR) is 86.9 cm³/mol. The Balaban J connectivity index is 2.19. The maximum atomic E-state index is 11.4. The molecule has 126 valence electrons. The number of aryl methyl sites for hydroxylation is 1. The van der Waals surface area contributed by atoms with Crippen LogP contribution in [-0.2, 0) is 4.74 Å². The van der Waals surface area contributed by atoms with Crippen molar-refractivity contribution in [2.24, 2.45) is 0 Å². The number of esters is 1. The molecule has 0 fully saturated rings. The van der Waals surface area contributed by atoms with Crippen molar-refractivity contribution in [3.05, 3.63) is 63.3 Å². The van der Waals surface area contributed by atoms with Gasteiger partial charge in [-0.1, -0.05) is 24.3 Å². The van der Waals surface area contributed by atoms with E-state index in [-0.39, 0.29) is 23.6 Å². The van der Waals surface area contributed by atoms with Crippen molar-refractivity contribution >= 4 is 17.5 Å². The lowest BCUT2D eigenvalue weighted by Gasteiger charge is -2.15. The number of carbonyl (C=O) groups is 1. The van der Waals surface area contributed by atoms with Crippen molar-refractivity contribution in [2.75, 3.05) is 19.0 Å². The van der Waals surface area contributed by atoms with Gasteiger partial charge in [0.05, 0.1) is 23.7 Å². The number of methoxy groups -OCH3 is 1. The van der Waals surface area contributed by atoms with Gasteiger partial charge in [-0.05, 0) is 18.1 Å². The number of nitro groups is 1. The molecular weight excluding hydrogens is 314 g/mol. The van der Waals surface area contributed by atoms with E-state index in [0.29, 0.717) is 0 Å². The van der Waals surface area contributed by atoms with E-state index in [0.717, 1.165) is 17.2 Å². The van der Waals surface area contributed by atoms with Crippen LogP contribution in [-0.4, -0.2) is 34.6 Å². The first-order chi connectivity index (χ1) is 11.4. The normalized spacial score (nSPS) is 11.6. The van der Waals surface area contributed by atoms with Crippen molar-refractivity contribution in [3.63, 3.8) is 0 Å². The molecule has 1 atom stereocenters. The molecule has 1 heterocycles. The zero-order valence-electron chi connectivity index (χ0n) is 13.2. The second-order valence-corrected chi connectivity index (χ2v) is 5.09. The molecular formula is C16H17N3O5. The SMILES string of the molecule is COC(=O)c1cnc(NCC(O)c2ccccc2C)c([N+](=O)[O-])c1. The van der Waals surface area contributed by atoms with Crippen LogP contribution in [0, 0.1) is 17.0 Å². The average Bonchev–Trinajstić information content (AvgIpc) is 2.59. The highest BCUT2D eigenvalue weighted by Gasteiger charge is 2.20. The predicted octanol–water partition coefficient (Wildman–Crippen LogP) is 2.23. The van der Waals surface area contributed by atoms with Crippen molar-refractivity contribution in [3.8, 4) is 0 Å². The zero-order valence-corrected chi connectivity index (χ0v) is 13.2. The number of aliphatic hydroxyl groups excluding tert-OH is 1. The van der Waals surface area contributed by atoms with Crippen LogP contribution in [0.5, 0.6) is 0 Å². The number of nitrogens with zero attached hydrogens (tertiary/aromatic N) is 2. The molecule has 0 bridgehead atoms. The number of benzene rings is 1. The van der Waals surface area contributed by atoms with Crippen LogP contribution < -0.4 is 5.32 Å². The van der Waals surface area contributed by atoms with Gasteiger partial charge in [-0.15, -0.1) is 0 Å². The van der Waals surface area contributed by atoms with Gasteiger partial charge in [0.2, 0.25) is 5.82 Å². The minimum atomic E-state index is -0.854. The summed E-state index contributed by atoms with van der Waals surface area (Å²) < 4.78 is 4.52. The summed E-state index contributed by atoms with van der Waals surface area (Å²) in [7, 11) is 1.18. The molecule has 1 aromatic heterocycles. The number of ether oxygens (including phenoxy) is 1. The Labute approximate surface area is 138 Å². The lowest BCUT2D eigenvalue weighted by Crippen LogP contribution is -2.15. The second-order valence-electron chi connectivity index (χ2n) is 5.09. The number of anilines is 1. The minimum absolute atomic E-state index is 0.0193. The topological polar surface area (TPSA) is 115 Å². The Bertz CT molecular complexity index is 763. The van der Waals surface area contributed by atoms with Crippen LogP contribution in [0.15, 0.2) is 36.5 Å². The van der Waals surface area contributed by atoms with Crippen molar-refractivity contribution in [1.29, 1.82) is 0 Å². The summed E-state index contributed by atoms with van der Waals surface area (Å²) in [6.07, 6.45) is 0.328. The van der Waals surface area contributed by atoms with Crippen molar-refractivity contribution in [2.45, 2.75) is 13.0 Å². The Hall–Kier alpha value is -3.00. The molecule has 0 spiro atoms. The van der Waals surface area contributed by atoms with Crippen LogP contribution in [0.2, 0.25) is 0 Å². The molecule has 2 aromatic rings. The molecule has 0 saturated carbocycles. The van der Waals surface area contributed by atoms with Gasteiger partial charge in [0, 0.05) is 18.8 Å². The summed E-state index contributed by atoms with van der Waals surface area (Å²) >= 11 is 0. The first-order valence-electron chi connectivity index (χ1n) is 7.14. The summed E-state index contributed by atoms with van der Waals surface area (Å²) in [5.74, 6) is -0.739. The van der Waals surface area contributed by atoms with E-state index in [1.165, 1.54) is 13.3 Å². The van der Waals surface area contributed by atoms with Gasteiger partial charge in [-0.2, -0.15) is 0 Å². The molecule has 0 aliphatic heterocycles. The van der Waals surface area contributed by atoms with Gasteiger partial charge in [-0.3, -0.25) is 10.1 Å². The number of carbonyl (C=O) groups excluding carboxylic acids is 1. The van der Waals surface area contributed by atoms with Crippen LogP contribution in [0.1, 0.15) is 27.6 Å². The highest BCUT2D eigenvalue weighted by atomic mass is 16.6. The fourth-order valence-corrected chi connectivity index (χ4v) is 2.22.